The fourth-order valence-corrected chi connectivity index (χ4v) is 2.98. The van der Waals surface area contributed by atoms with Crippen LogP contribution in [0.5, 0.6) is 5.75 Å². The molecule has 0 aliphatic carbocycles. The van der Waals surface area contributed by atoms with Gasteiger partial charge in [0.15, 0.2) is 0 Å². The van der Waals surface area contributed by atoms with Crippen molar-refractivity contribution >= 4 is 35.0 Å². The van der Waals surface area contributed by atoms with E-state index >= 15 is 0 Å². The highest BCUT2D eigenvalue weighted by Crippen LogP contribution is 2.38. The van der Waals surface area contributed by atoms with E-state index in [1.165, 1.54) is 23.9 Å². The Morgan fingerprint density at radius 3 is 2.65 bits per heavy atom. The van der Waals surface area contributed by atoms with Gasteiger partial charge in [-0.25, -0.2) is 0 Å². The largest absolute Gasteiger partial charge is 0.493 e. The predicted octanol–water partition coefficient (Wildman–Crippen LogP) is 5.42. The highest BCUT2D eigenvalue weighted by atomic mass is 35.5. The van der Waals surface area contributed by atoms with Crippen LogP contribution in [0.4, 0.5) is 18.9 Å². The van der Waals surface area contributed by atoms with Crippen LogP contribution in [0.2, 0.25) is 5.02 Å². The fraction of sp³-hybridized carbons (Fsp3) is 0.278. The summed E-state index contributed by atoms with van der Waals surface area (Å²) in [7, 11) is 0. The molecule has 140 valence electrons. The van der Waals surface area contributed by atoms with Gasteiger partial charge < -0.3 is 10.1 Å². The Hall–Kier alpha value is -1.86. The summed E-state index contributed by atoms with van der Waals surface area (Å²) >= 11 is 7.06. The molecule has 0 radical (unpaired) electrons. The molecule has 2 aromatic rings. The number of amides is 1. The van der Waals surface area contributed by atoms with Crippen LogP contribution in [-0.2, 0) is 11.0 Å². The van der Waals surface area contributed by atoms with Gasteiger partial charge in [0.25, 0.3) is 0 Å². The third kappa shape index (κ3) is 6.14. The first kappa shape index (κ1) is 20.5. The zero-order chi connectivity index (χ0) is 19.2. The monoisotopic (exact) mass is 403 g/mol. The lowest BCUT2D eigenvalue weighted by Gasteiger charge is -2.15. The molecule has 26 heavy (non-hydrogen) atoms. The predicted molar refractivity (Wildman–Crippen MR) is 99.1 cm³/mol. The second-order valence-electron chi connectivity index (χ2n) is 5.43. The van der Waals surface area contributed by atoms with Crippen LogP contribution in [0.1, 0.15) is 11.1 Å². The van der Waals surface area contributed by atoms with E-state index in [0.717, 1.165) is 17.4 Å². The molecular formula is C18H17ClF3NO2S. The molecule has 0 heterocycles. The van der Waals surface area contributed by atoms with Gasteiger partial charge in [-0.2, -0.15) is 13.2 Å². The van der Waals surface area contributed by atoms with Crippen LogP contribution in [0.3, 0.4) is 0 Å². The summed E-state index contributed by atoms with van der Waals surface area (Å²) in [6.07, 6.45) is -4.59. The fourth-order valence-electron chi connectivity index (χ4n) is 2.15. The van der Waals surface area contributed by atoms with E-state index in [0.29, 0.717) is 12.4 Å². The Morgan fingerprint density at radius 1 is 1.23 bits per heavy atom. The number of alkyl halides is 3. The van der Waals surface area contributed by atoms with E-state index < -0.39 is 23.3 Å². The Balaban J connectivity index is 1.81. The van der Waals surface area contributed by atoms with E-state index in [1.54, 1.807) is 0 Å². The number of aryl methyl sites for hydroxylation is 1. The molecule has 2 aromatic carbocycles. The summed E-state index contributed by atoms with van der Waals surface area (Å²) in [4.78, 5) is 11.9. The maximum atomic E-state index is 13.0. The lowest BCUT2D eigenvalue weighted by atomic mass is 10.1. The number of para-hydroxylation sites is 1. The second-order valence-corrected chi connectivity index (χ2v) is 6.94. The molecule has 0 unspecified atom stereocenters. The van der Waals surface area contributed by atoms with Crippen LogP contribution < -0.4 is 10.1 Å². The molecule has 1 N–H and O–H groups in total. The van der Waals surface area contributed by atoms with Gasteiger partial charge >= 0.3 is 6.18 Å². The Bertz CT molecular complexity index is 768. The standard InChI is InChI=1S/C18H17ClF3NO2S/c1-12-4-2-5-13(10-12)25-8-9-26-11-16(24)23-17-14(18(20,21)22)6-3-7-15(17)19/h2-7,10H,8-9,11H2,1H3,(H,23,24). The molecule has 3 nitrogen and oxygen atoms in total. The molecule has 0 saturated carbocycles. The van der Waals surface area contributed by atoms with Gasteiger partial charge in [0.1, 0.15) is 5.75 Å². The van der Waals surface area contributed by atoms with Crippen molar-refractivity contribution in [3.05, 3.63) is 58.6 Å². The minimum Gasteiger partial charge on any atom is -0.493 e. The summed E-state index contributed by atoms with van der Waals surface area (Å²) in [5.74, 6) is 0.709. The van der Waals surface area contributed by atoms with E-state index in [-0.39, 0.29) is 10.8 Å². The molecule has 8 heteroatoms. The average molecular weight is 404 g/mol. The van der Waals surface area contributed by atoms with Gasteiger partial charge in [0.2, 0.25) is 5.91 Å². The molecule has 0 aliphatic rings. The molecule has 0 bridgehead atoms. The van der Waals surface area contributed by atoms with Gasteiger partial charge in [0, 0.05) is 5.75 Å². The Labute approximate surface area is 158 Å². The number of carbonyl (C=O) groups is 1. The van der Waals surface area contributed by atoms with Crippen LogP contribution in [0, 0.1) is 6.92 Å². The van der Waals surface area contributed by atoms with Crippen LogP contribution >= 0.6 is 23.4 Å². The van der Waals surface area contributed by atoms with E-state index in [4.69, 9.17) is 16.3 Å². The number of thioether (sulfide) groups is 1. The smallest absolute Gasteiger partial charge is 0.418 e. The summed E-state index contributed by atoms with van der Waals surface area (Å²) in [6.45, 7) is 2.34. The molecular weight excluding hydrogens is 387 g/mol. The summed E-state index contributed by atoms with van der Waals surface area (Å²) in [5, 5.41) is 2.10. The molecule has 0 saturated heterocycles. The highest BCUT2D eigenvalue weighted by molar-refractivity contribution is 7.99. The number of carbonyl (C=O) groups excluding carboxylic acids is 1. The normalized spacial score (nSPS) is 11.3. The number of benzene rings is 2. The first-order chi connectivity index (χ1) is 12.3. The summed E-state index contributed by atoms with van der Waals surface area (Å²) < 4.78 is 44.5. The van der Waals surface area contributed by atoms with Crippen molar-refractivity contribution < 1.29 is 22.7 Å². The molecule has 0 spiro atoms. The number of rotatable bonds is 7. The topological polar surface area (TPSA) is 38.3 Å². The third-order valence-corrected chi connectivity index (χ3v) is 4.54. The minimum atomic E-state index is -4.59. The molecule has 0 atom stereocenters. The number of hydrogen-bond acceptors (Lipinski definition) is 3. The van der Waals surface area contributed by atoms with Crippen molar-refractivity contribution in [3.63, 3.8) is 0 Å². The lowest BCUT2D eigenvalue weighted by Crippen LogP contribution is -2.19. The molecule has 1 amide bonds. The van der Waals surface area contributed by atoms with Crippen molar-refractivity contribution in [3.8, 4) is 5.75 Å². The summed E-state index contributed by atoms with van der Waals surface area (Å²) in [5.41, 5.74) is -0.302. The van der Waals surface area contributed by atoms with Gasteiger partial charge in [-0.3, -0.25) is 4.79 Å². The molecule has 0 aliphatic heterocycles. The quantitative estimate of drug-likeness (QED) is 0.627. The van der Waals surface area contributed by atoms with Crippen LogP contribution in [-0.4, -0.2) is 24.0 Å². The Kier molecular flexibility index (Phi) is 7.23. The number of nitrogens with one attached hydrogen (secondary N) is 1. The first-order valence-electron chi connectivity index (χ1n) is 7.70. The van der Waals surface area contributed by atoms with Crippen molar-refractivity contribution in [1.82, 2.24) is 0 Å². The average Bonchev–Trinajstić information content (AvgIpc) is 2.55. The van der Waals surface area contributed by atoms with Crippen molar-refractivity contribution in [2.45, 2.75) is 13.1 Å². The minimum absolute atomic E-state index is 0.000300. The number of hydrogen-bond donors (Lipinski definition) is 1. The van der Waals surface area contributed by atoms with Crippen molar-refractivity contribution in [2.75, 3.05) is 23.4 Å². The lowest BCUT2D eigenvalue weighted by molar-refractivity contribution is -0.137. The number of halogens is 4. The maximum absolute atomic E-state index is 13.0. The first-order valence-corrected chi connectivity index (χ1v) is 9.23. The molecule has 2 rings (SSSR count). The van der Waals surface area contributed by atoms with Crippen molar-refractivity contribution in [2.24, 2.45) is 0 Å². The SMILES string of the molecule is Cc1cccc(OCCSCC(=O)Nc2c(Cl)cccc2C(F)(F)F)c1. The number of anilines is 1. The number of ether oxygens (including phenoxy) is 1. The van der Waals surface area contributed by atoms with Gasteiger partial charge in [-0.1, -0.05) is 29.8 Å². The van der Waals surface area contributed by atoms with Crippen molar-refractivity contribution in [1.29, 1.82) is 0 Å². The zero-order valence-electron chi connectivity index (χ0n) is 13.9. The third-order valence-electron chi connectivity index (χ3n) is 3.30. The van der Waals surface area contributed by atoms with E-state index in [9.17, 15) is 18.0 Å². The highest BCUT2D eigenvalue weighted by Gasteiger charge is 2.34. The Morgan fingerprint density at radius 2 is 1.96 bits per heavy atom. The van der Waals surface area contributed by atoms with Crippen LogP contribution in [0.25, 0.3) is 0 Å². The zero-order valence-corrected chi connectivity index (χ0v) is 15.5. The summed E-state index contributed by atoms with van der Waals surface area (Å²) in [6, 6.07) is 10.9. The molecule has 0 fully saturated rings. The van der Waals surface area contributed by atoms with Crippen LogP contribution in [0.15, 0.2) is 42.5 Å². The second kappa shape index (κ2) is 9.19. The van der Waals surface area contributed by atoms with Gasteiger partial charge in [0.05, 0.1) is 28.6 Å². The molecule has 0 aromatic heterocycles. The van der Waals surface area contributed by atoms with Gasteiger partial charge in [-0.05, 0) is 36.8 Å². The van der Waals surface area contributed by atoms with Gasteiger partial charge in [-0.15, -0.1) is 11.8 Å². The van der Waals surface area contributed by atoms with E-state index in [1.807, 2.05) is 31.2 Å². The maximum Gasteiger partial charge on any atom is 0.418 e. The van der Waals surface area contributed by atoms with E-state index in [2.05, 4.69) is 5.32 Å².